The van der Waals surface area contributed by atoms with Crippen LogP contribution in [0.15, 0.2) is 0 Å². The van der Waals surface area contributed by atoms with E-state index >= 15 is 0 Å². The maximum Gasteiger partial charge on any atom is 0.473 e. The number of rotatable bonds is 3. The second-order valence-electron chi connectivity index (χ2n) is 6.58. The smallest absolute Gasteiger partial charge is 0.405 e. The van der Waals surface area contributed by atoms with Crippen molar-refractivity contribution in [2.75, 3.05) is 5.78 Å². The van der Waals surface area contributed by atoms with E-state index in [9.17, 15) is 0 Å². The van der Waals surface area contributed by atoms with Gasteiger partial charge in [-0.15, -0.1) is 11.6 Å². The summed E-state index contributed by atoms with van der Waals surface area (Å²) in [6.45, 7) is 0. The van der Waals surface area contributed by atoms with Crippen molar-refractivity contribution >= 4 is 18.7 Å². The van der Waals surface area contributed by atoms with Gasteiger partial charge in [0.1, 0.15) is 0 Å². The third kappa shape index (κ3) is 3.30. The van der Waals surface area contributed by atoms with E-state index in [1.165, 1.54) is 64.2 Å². The molecule has 108 valence electrons. The summed E-state index contributed by atoms with van der Waals surface area (Å²) in [5.74, 6) is 1.91. The van der Waals surface area contributed by atoms with E-state index in [2.05, 4.69) is 0 Å². The summed E-state index contributed by atoms with van der Waals surface area (Å²) in [5, 5.41) is 0. The fourth-order valence-corrected chi connectivity index (χ4v) is 4.44. The normalized spacial score (nSPS) is 34.9. The van der Waals surface area contributed by atoms with Gasteiger partial charge in [-0.25, -0.2) is 0 Å². The highest BCUT2D eigenvalue weighted by Crippen LogP contribution is 2.40. The lowest BCUT2D eigenvalue weighted by molar-refractivity contribution is 0.0324. The zero-order valence-electron chi connectivity index (χ0n) is 11.9. The van der Waals surface area contributed by atoms with Gasteiger partial charge in [-0.3, -0.25) is 0 Å². The first kappa shape index (κ1) is 14.2. The summed E-state index contributed by atoms with van der Waals surface area (Å²) >= 11 is 5.97. The molecule has 2 aliphatic carbocycles. The molecular weight excluding hydrogens is 258 g/mol. The Morgan fingerprint density at radius 1 is 0.737 bits per heavy atom. The SMILES string of the molecule is ClCB1O[C@@H](C2CCCCC2)[C@H](C2CCCCC2)O1. The second kappa shape index (κ2) is 6.82. The van der Waals surface area contributed by atoms with E-state index in [4.69, 9.17) is 20.9 Å². The maximum absolute atomic E-state index is 6.16. The molecule has 0 aromatic carbocycles. The van der Waals surface area contributed by atoms with E-state index in [1.54, 1.807) is 0 Å². The molecule has 1 aliphatic heterocycles. The standard InChI is InChI=1S/C15H26BClO2/c17-11-16-18-14(12-7-3-1-4-8-12)15(19-16)13-9-5-2-6-10-13/h12-15H,1-11H2/t14-,15-/m0/s1. The van der Waals surface area contributed by atoms with Crippen molar-refractivity contribution in [1.29, 1.82) is 0 Å². The van der Waals surface area contributed by atoms with Crippen LogP contribution in [0.25, 0.3) is 0 Å². The van der Waals surface area contributed by atoms with Crippen LogP contribution in [0, 0.1) is 11.8 Å². The Balaban J connectivity index is 1.67. The summed E-state index contributed by atoms with van der Waals surface area (Å²) < 4.78 is 12.3. The van der Waals surface area contributed by atoms with Crippen LogP contribution in [0.5, 0.6) is 0 Å². The number of halogens is 1. The average molecular weight is 285 g/mol. The fourth-order valence-electron chi connectivity index (χ4n) is 4.29. The van der Waals surface area contributed by atoms with Crippen molar-refractivity contribution in [3.05, 3.63) is 0 Å². The van der Waals surface area contributed by atoms with Crippen molar-refractivity contribution < 1.29 is 9.31 Å². The molecule has 1 heterocycles. The molecule has 0 N–H and O–H groups in total. The van der Waals surface area contributed by atoms with Crippen LogP contribution in [0.4, 0.5) is 0 Å². The molecule has 4 heteroatoms. The van der Waals surface area contributed by atoms with Crippen molar-refractivity contribution in [2.24, 2.45) is 11.8 Å². The van der Waals surface area contributed by atoms with Crippen molar-refractivity contribution in [3.8, 4) is 0 Å². The van der Waals surface area contributed by atoms with Gasteiger partial charge in [0, 0.05) is 0 Å². The van der Waals surface area contributed by atoms with Crippen LogP contribution in [-0.2, 0) is 9.31 Å². The third-order valence-electron chi connectivity index (χ3n) is 5.30. The predicted molar refractivity (Wildman–Crippen MR) is 79.4 cm³/mol. The largest absolute Gasteiger partial charge is 0.473 e. The van der Waals surface area contributed by atoms with Crippen LogP contribution in [0.1, 0.15) is 64.2 Å². The Morgan fingerprint density at radius 2 is 1.16 bits per heavy atom. The monoisotopic (exact) mass is 284 g/mol. The van der Waals surface area contributed by atoms with Crippen molar-refractivity contribution in [1.82, 2.24) is 0 Å². The first-order valence-corrected chi connectivity index (χ1v) is 8.79. The van der Waals surface area contributed by atoms with Gasteiger partial charge in [0.15, 0.2) is 0 Å². The van der Waals surface area contributed by atoms with Crippen LogP contribution in [0.2, 0.25) is 0 Å². The number of hydrogen-bond acceptors (Lipinski definition) is 2. The third-order valence-corrected chi connectivity index (χ3v) is 5.55. The first-order valence-electron chi connectivity index (χ1n) is 8.25. The highest BCUT2D eigenvalue weighted by molar-refractivity contribution is 6.57. The number of hydrogen-bond donors (Lipinski definition) is 0. The molecule has 0 aromatic heterocycles. The van der Waals surface area contributed by atoms with Crippen LogP contribution >= 0.6 is 11.6 Å². The van der Waals surface area contributed by atoms with Crippen molar-refractivity contribution in [3.63, 3.8) is 0 Å². The van der Waals surface area contributed by atoms with E-state index in [-0.39, 0.29) is 7.12 Å². The molecular formula is C15H26BClO2. The molecule has 0 amide bonds. The molecule has 3 aliphatic rings. The first-order chi connectivity index (χ1) is 9.38. The van der Waals surface area contributed by atoms with Crippen LogP contribution < -0.4 is 0 Å². The molecule has 2 saturated carbocycles. The molecule has 2 atom stereocenters. The predicted octanol–water partition coefficient (Wildman–Crippen LogP) is 4.20. The summed E-state index contributed by atoms with van der Waals surface area (Å²) in [4.78, 5) is 0. The Hall–Kier alpha value is 0.275. The highest BCUT2D eigenvalue weighted by atomic mass is 35.5. The van der Waals surface area contributed by atoms with E-state index in [0.717, 1.165) is 0 Å². The number of alkyl halides is 1. The van der Waals surface area contributed by atoms with Crippen LogP contribution in [0.3, 0.4) is 0 Å². The zero-order chi connectivity index (χ0) is 13.1. The topological polar surface area (TPSA) is 18.5 Å². The minimum absolute atomic E-state index is 0.152. The zero-order valence-corrected chi connectivity index (χ0v) is 12.6. The second-order valence-corrected chi connectivity index (χ2v) is 6.89. The molecule has 0 radical (unpaired) electrons. The summed E-state index contributed by atoms with van der Waals surface area (Å²) in [6.07, 6.45) is 14.2. The van der Waals surface area contributed by atoms with Gasteiger partial charge in [-0.05, 0) is 37.5 Å². The molecule has 2 nitrogen and oxygen atoms in total. The minimum atomic E-state index is -0.152. The fraction of sp³-hybridized carbons (Fsp3) is 1.00. The lowest BCUT2D eigenvalue weighted by Gasteiger charge is -2.35. The quantitative estimate of drug-likeness (QED) is 0.571. The Morgan fingerprint density at radius 3 is 1.53 bits per heavy atom. The maximum atomic E-state index is 6.16. The molecule has 0 aromatic rings. The lowest BCUT2D eigenvalue weighted by atomic mass is 9.77. The minimum Gasteiger partial charge on any atom is -0.405 e. The van der Waals surface area contributed by atoms with Gasteiger partial charge in [0.25, 0.3) is 0 Å². The summed E-state index contributed by atoms with van der Waals surface area (Å²) in [7, 11) is -0.152. The summed E-state index contributed by atoms with van der Waals surface area (Å²) in [5.41, 5.74) is 0. The highest BCUT2D eigenvalue weighted by Gasteiger charge is 2.46. The lowest BCUT2D eigenvalue weighted by Crippen LogP contribution is -2.38. The van der Waals surface area contributed by atoms with E-state index in [0.29, 0.717) is 29.8 Å². The van der Waals surface area contributed by atoms with Gasteiger partial charge >= 0.3 is 7.12 Å². The molecule has 0 spiro atoms. The van der Waals surface area contributed by atoms with E-state index in [1.807, 2.05) is 0 Å². The van der Waals surface area contributed by atoms with Gasteiger partial charge in [0.2, 0.25) is 0 Å². The molecule has 0 unspecified atom stereocenters. The Kier molecular flexibility index (Phi) is 5.11. The van der Waals surface area contributed by atoms with Gasteiger partial charge in [0.05, 0.1) is 18.0 Å². The van der Waals surface area contributed by atoms with Gasteiger partial charge in [-0.1, -0.05) is 38.5 Å². The molecule has 3 rings (SSSR count). The van der Waals surface area contributed by atoms with Crippen LogP contribution in [-0.4, -0.2) is 25.1 Å². The molecule has 1 saturated heterocycles. The average Bonchev–Trinajstić information content (AvgIpc) is 2.93. The Labute approximate surface area is 122 Å². The molecule has 0 bridgehead atoms. The summed E-state index contributed by atoms with van der Waals surface area (Å²) in [6, 6.07) is 0. The van der Waals surface area contributed by atoms with E-state index < -0.39 is 0 Å². The Bertz CT molecular complexity index is 251. The molecule has 3 fully saturated rings. The van der Waals surface area contributed by atoms with Crippen molar-refractivity contribution in [2.45, 2.75) is 76.4 Å². The van der Waals surface area contributed by atoms with Gasteiger partial charge in [-0.2, -0.15) is 0 Å². The van der Waals surface area contributed by atoms with Gasteiger partial charge < -0.3 is 9.31 Å². The molecule has 19 heavy (non-hydrogen) atoms.